The van der Waals surface area contributed by atoms with Crippen LogP contribution in [0.1, 0.15) is 14.3 Å². The standard InChI is InChI=1S/C6H14N4O2.Na.H/c7-4(5(11)12)2-1-3-10-6(8)9;;/h4H,1-3,7H2,(H,11,12)(H4,8,9,10);;/q;+1;-1. The largest absolute Gasteiger partial charge is 1.00 e. The van der Waals surface area contributed by atoms with Crippen LogP contribution in [0, 0.1) is 0 Å². The molecule has 0 aliphatic heterocycles. The number of hydrogen-bond donors (Lipinski definition) is 4. The van der Waals surface area contributed by atoms with Crippen molar-refractivity contribution < 1.29 is 40.9 Å². The summed E-state index contributed by atoms with van der Waals surface area (Å²) in [6, 6.07) is -0.820. The third-order valence-electron chi connectivity index (χ3n) is 1.28. The van der Waals surface area contributed by atoms with Crippen molar-refractivity contribution in [2.45, 2.75) is 18.9 Å². The van der Waals surface area contributed by atoms with Gasteiger partial charge < -0.3 is 23.7 Å². The first-order chi connectivity index (χ1) is 5.54. The van der Waals surface area contributed by atoms with E-state index in [4.69, 9.17) is 22.3 Å². The number of carbonyl (C=O) groups is 1. The van der Waals surface area contributed by atoms with Crippen molar-refractivity contribution in [1.29, 1.82) is 0 Å². The number of carboxylic acids is 1. The number of carboxylic acid groups (broad SMARTS) is 1. The van der Waals surface area contributed by atoms with E-state index in [1.54, 1.807) is 0 Å². The van der Waals surface area contributed by atoms with Crippen LogP contribution in [0.5, 0.6) is 0 Å². The van der Waals surface area contributed by atoms with Crippen LogP contribution in [0.15, 0.2) is 4.99 Å². The van der Waals surface area contributed by atoms with Gasteiger partial charge in [0, 0.05) is 6.54 Å². The number of nitrogens with zero attached hydrogens (tertiary/aromatic N) is 1. The summed E-state index contributed by atoms with van der Waals surface area (Å²) in [5, 5.41) is 8.38. The van der Waals surface area contributed by atoms with Crippen molar-refractivity contribution in [2.75, 3.05) is 6.54 Å². The zero-order chi connectivity index (χ0) is 9.56. The summed E-state index contributed by atoms with van der Waals surface area (Å²) < 4.78 is 0. The van der Waals surface area contributed by atoms with Crippen LogP contribution in [-0.2, 0) is 4.79 Å². The van der Waals surface area contributed by atoms with Gasteiger partial charge >= 0.3 is 35.5 Å². The van der Waals surface area contributed by atoms with E-state index in [9.17, 15) is 4.79 Å². The molecule has 0 aromatic heterocycles. The molecule has 1 atom stereocenters. The number of nitrogens with two attached hydrogens (primary N) is 3. The second-order valence-electron chi connectivity index (χ2n) is 2.39. The van der Waals surface area contributed by atoms with Crippen LogP contribution in [0.3, 0.4) is 0 Å². The van der Waals surface area contributed by atoms with Gasteiger partial charge in [-0.2, -0.15) is 0 Å². The summed E-state index contributed by atoms with van der Waals surface area (Å²) in [7, 11) is 0. The summed E-state index contributed by atoms with van der Waals surface area (Å²) in [5.41, 5.74) is 15.3. The van der Waals surface area contributed by atoms with Crippen LogP contribution in [0.25, 0.3) is 0 Å². The molecule has 0 aliphatic carbocycles. The maximum atomic E-state index is 10.2. The molecule has 0 rings (SSSR count). The Balaban J connectivity index is -0.000000605. The predicted octanol–water partition coefficient (Wildman–Crippen LogP) is -4.43. The average Bonchev–Trinajstić information content (AvgIpc) is 1.97. The van der Waals surface area contributed by atoms with Crippen molar-refractivity contribution in [1.82, 2.24) is 0 Å². The summed E-state index contributed by atoms with van der Waals surface area (Å²) in [6.45, 7) is 0.420. The molecule has 0 radical (unpaired) electrons. The van der Waals surface area contributed by atoms with Gasteiger partial charge in [-0.1, -0.05) is 0 Å². The van der Waals surface area contributed by atoms with Crippen LogP contribution in [0.2, 0.25) is 0 Å². The minimum atomic E-state index is -1.00. The van der Waals surface area contributed by atoms with Gasteiger partial charge in [-0.05, 0) is 12.8 Å². The number of guanidine groups is 1. The zero-order valence-electron chi connectivity index (χ0n) is 8.73. The Morgan fingerprint density at radius 3 is 2.46 bits per heavy atom. The molecule has 1 unspecified atom stereocenters. The maximum Gasteiger partial charge on any atom is 1.00 e. The Hall–Kier alpha value is -0.300. The third kappa shape index (κ3) is 9.62. The first-order valence-corrected chi connectivity index (χ1v) is 3.58. The molecule has 0 bridgehead atoms. The van der Waals surface area contributed by atoms with Gasteiger partial charge in [0.2, 0.25) is 0 Å². The Kier molecular flexibility index (Phi) is 9.70. The molecule has 0 aromatic rings. The van der Waals surface area contributed by atoms with Crippen LogP contribution >= 0.6 is 0 Å². The van der Waals surface area contributed by atoms with Gasteiger partial charge in [-0.25, -0.2) is 0 Å². The summed E-state index contributed by atoms with van der Waals surface area (Å²) in [5.74, 6) is -0.987. The number of aliphatic carboxylic acids is 1. The van der Waals surface area contributed by atoms with Gasteiger partial charge in [-0.15, -0.1) is 0 Å². The summed E-state index contributed by atoms with van der Waals surface area (Å²) in [4.78, 5) is 13.9. The van der Waals surface area contributed by atoms with Gasteiger partial charge in [0.15, 0.2) is 5.96 Å². The predicted molar refractivity (Wildman–Crippen MR) is 46.6 cm³/mol. The molecule has 0 heterocycles. The fourth-order valence-electron chi connectivity index (χ4n) is 0.643. The second kappa shape index (κ2) is 8.31. The average molecular weight is 198 g/mol. The van der Waals surface area contributed by atoms with E-state index in [-0.39, 0.29) is 36.9 Å². The Bertz CT molecular complexity index is 187. The molecule has 0 aliphatic rings. The molecule has 7 N–H and O–H groups in total. The molecular weight excluding hydrogens is 183 g/mol. The van der Waals surface area contributed by atoms with E-state index < -0.39 is 12.0 Å². The van der Waals surface area contributed by atoms with Crippen LogP contribution < -0.4 is 46.8 Å². The molecule has 72 valence electrons. The SMILES string of the molecule is NC(N)=NCCCC(N)C(=O)O.[H-].[Na+]. The van der Waals surface area contributed by atoms with Crippen molar-refractivity contribution in [3.63, 3.8) is 0 Å². The fraction of sp³-hybridized carbons (Fsp3) is 0.667. The third-order valence-corrected chi connectivity index (χ3v) is 1.28. The topological polar surface area (TPSA) is 128 Å². The van der Waals surface area contributed by atoms with Gasteiger partial charge in [-0.3, -0.25) is 9.79 Å². The molecule has 0 saturated carbocycles. The van der Waals surface area contributed by atoms with Crippen molar-refractivity contribution >= 4 is 11.9 Å². The minimum absolute atomic E-state index is 0. The molecule has 0 amide bonds. The van der Waals surface area contributed by atoms with Crippen molar-refractivity contribution in [3.05, 3.63) is 0 Å². The van der Waals surface area contributed by atoms with E-state index >= 15 is 0 Å². The van der Waals surface area contributed by atoms with Crippen molar-refractivity contribution in [2.24, 2.45) is 22.2 Å². The monoisotopic (exact) mass is 198 g/mol. The molecular formula is C6H15N4NaO2. The first kappa shape index (κ1) is 15.2. The summed E-state index contributed by atoms with van der Waals surface area (Å²) >= 11 is 0. The van der Waals surface area contributed by atoms with Crippen molar-refractivity contribution in [3.8, 4) is 0 Å². The normalized spacial score (nSPS) is 11.2. The fourth-order valence-corrected chi connectivity index (χ4v) is 0.643. The van der Waals surface area contributed by atoms with E-state index in [2.05, 4.69) is 4.99 Å². The Morgan fingerprint density at radius 1 is 1.54 bits per heavy atom. The molecule has 0 spiro atoms. The van der Waals surface area contributed by atoms with E-state index in [0.29, 0.717) is 19.4 Å². The summed E-state index contributed by atoms with van der Waals surface area (Å²) in [6.07, 6.45) is 0.956. The molecule has 0 fully saturated rings. The van der Waals surface area contributed by atoms with E-state index in [0.717, 1.165) is 0 Å². The molecule has 6 nitrogen and oxygen atoms in total. The van der Waals surface area contributed by atoms with Crippen LogP contribution in [-0.4, -0.2) is 29.6 Å². The maximum absolute atomic E-state index is 10.2. The van der Waals surface area contributed by atoms with E-state index in [1.807, 2.05) is 0 Å². The Labute approximate surface area is 100 Å². The molecule has 0 aromatic carbocycles. The number of hydrogen-bond acceptors (Lipinski definition) is 3. The smallest absolute Gasteiger partial charge is 1.00 e. The van der Waals surface area contributed by atoms with E-state index in [1.165, 1.54) is 0 Å². The van der Waals surface area contributed by atoms with Crippen LogP contribution in [0.4, 0.5) is 0 Å². The number of rotatable bonds is 5. The van der Waals surface area contributed by atoms with Gasteiger partial charge in [0.25, 0.3) is 0 Å². The van der Waals surface area contributed by atoms with Gasteiger partial charge in [0.05, 0.1) is 0 Å². The Morgan fingerprint density at radius 2 is 2.08 bits per heavy atom. The molecule has 13 heavy (non-hydrogen) atoms. The zero-order valence-corrected chi connectivity index (χ0v) is 9.73. The molecule has 0 saturated heterocycles. The minimum Gasteiger partial charge on any atom is -1.00 e. The van der Waals surface area contributed by atoms with Gasteiger partial charge in [0.1, 0.15) is 6.04 Å². The number of aliphatic imine (C=N–C) groups is 1. The quantitative estimate of drug-likeness (QED) is 0.153. The first-order valence-electron chi connectivity index (χ1n) is 3.58. The molecule has 7 heteroatoms. The second-order valence-corrected chi connectivity index (χ2v) is 2.39.